The third kappa shape index (κ3) is 2.91. The van der Waals surface area contributed by atoms with Crippen LogP contribution in [0.25, 0.3) is 0 Å². The second-order valence-corrected chi connectivity index (χ2v) is 4.65. The topological polar surface area (TPSA) is 37.8 Å². The average molecular weight is 205 g/mol. The fourth-order valence-corrected chi connectivity index (χ4v) is 2.15. The number of nitrogens with zero attached hydrogens (tertiary/aromatic N) is 2. The molecule has 1 aromatic rings. The third-order valence-corrected chi connectivity index (χ3v) is 3.12. The van der Waals surface area contributed by atoms with Crippen molar-refractivity contribution in [1.82, 2.24) is 9.97 Å². The summed E-state index contributed by atoms with van der Waals surface area (Å²) in [5, 5.41) is 3.47. The van der Waals surface area contributed by atoms with Gasteiger partial charge in [0, 0.05) is 12.2 Å². The van der Waals surface area contributed by atoms with Crippen molar-refractivity contribution in [3.63, 3.8) is 0 Å². The molecule has 0 aliphatic heterocycles. The summed E-state index contributed by atoms with van der Waals surface area (Å²) >= 11 is 0. The van der Waals surface area contributed by atoms with Gasteiger partial charge in [0.05, 0.1) is 11.9 Å². The van der Waals surface area contributed by atoms with Crippen LogP contribution in [0.2, 0.25) is 0 Å². The lowest BCUT2D eigenvalue weighted by atomic mass is 9.87. The van der Waals surface area contributed by atoms with Crippen molar-refractivity contribution in [3.8, 4) is 0 Å². The summed E-state index contributed by atoms with van der Waals surface area (Å²) in [7, 11) is 0. The van der Waals surface area contributed by atoms with E-state index < -0.39 is 0 Å². The molecule has 0 atom stereocenters. The zero-order valence-corrected chi connectivity index (χ0v) is 9.53. The van der Waals surface area contributed by atoms with E-state index >= 15 is 0 Å². The Labute approximate surface area is 91.3 Å². The Kier molecular flexibility index (Phi) is 3.19. The van der Waals surface area contributed by atoms with E-state index in [1.807, 2.05) is 13.1 Å². The molecule has 0 radical (unpaired) electrons. The van der Waals surface area contributed by atoms with E-state index in [4.69, 9.17) is 0 Å². The number of aryl methyl sites for hydroxylation is 1. The Morgan fingerprint density at radius 1 is 1.20 bits per heavy atom. The SMILES string of the molecule is Cc1cncc(NC2CCC(C)CC2)n1. The van der Waals surface area contributed by atoms with E-state index in [-0.39, 0.29) is 0 Å². The molecule has 0 saturated heterocycles. The van der Waals surface area contributed by atoms with Crippen molar-refractivity contribution >= 4 is 5.82 Å². The van der Waals surface area contributed by atoms with Crippen molar-refractivity contribution in [2.75, 3.05) is 5.32 Å². The van der Waals surface area contributed by atoms with Gasteiger partial charge in [-0.15, -0.1) is 0 Å². The van der Waals surface area contributed by atoms with Crippen molar-refractivity contribution in [3.05, 3.63) is 18.1 Å². The minimum absolute atomic E-state index is 0.595. The van der Waals surface area contributed by atoms with Gasteiger partial charge in [0.2, 0.25) is 0 Å². The Morgan fingerprint density at radius 3 is 2.60 bits per heavy atom. The van der Waals surface area contributed by atoms with Gasteiger partial charge in [0.15, 0.2) is 0 Å². The molecule has 3 heteroatoms. The molecule has 15 heavy (non-hydrogen) atoms. The number of anilines is 1. The summed E-state index contributed by atoms with van der Waals surface area (Å²) in [6.07, 6.45) is 8.78. The second-order valence-electron chi connectivity index (χ2n) is 4.65. The predicted octanol–water partition coefficient (Wildman–Crippen LogP) is 2.78. The van der Waals surface area contributed by atoms with Gasteiger partial charge in [-0.2, -0.15) is 0 Å². The number of nitrogens with one attached hydrogen (secondary N) is 1. The third-order valence-electron chi connectivity index (χ3n) is 3.12. The van der Waals surface area contributed by atoms with E-state index in [0.717, 1.165) is 17.4 Å². The molecule has 0 aromatic carbocycles. The first-order valence-electron chi connectivity index (χ1n) is 5.79. The summed E-state index contributed by atoms with van der Waals surface area (Å²) in [5.74, 6) is 1.82. The fraction of sp³-hybridized carbons (Fsp3) is 0.667. The molecule has 0 bridgehead atoms. The first-order chi connectivity index (χ1) is 7.24. The summed E-state index contributed by atoms with van der Waals surface area (Å²) in [4.78, 5) is 8.55. The summed E-state index contributed by atoms with van der Waals surface area (Å²) in [5.41, 5.74) is 0.976. The lowest BCUT2D eigenvalue weighted by Gasteiger charge is -2.27. The molecule has 1 saturated carbocycles. The largest absolute Gasteiger partial charge is 0.366 e. The highest BCUT2D eigenvalue weighted by Crippen LogP contribution is 2.25. The first-order valence-corrected chi connectivity index (χ1v) is 5.79. The van der Waals surface area contributed by atoms with Crippen LogP contribution >= 0.6 is 0 Å². The van der Waals surface area contributed by atoms with Crippen LogP contribution in [-0.4, -0.2) is 16.0 Å². The van der Waals surface area contributed by atoms with Crippen LogP contribution < -0.4 is 5.32 Å². The van der Waals surface area contributed by atoms with Gasteiger partial charge in [0.25, 0.3) is 0 Å². The zero-order valence-electron chi connectivity index (χ0n) is 9.53. The van der Waals surface area contributed by atoms with Gasteiger partial charge in [-0.25, -0.2) is 4.98 Å². The maximum atomic E-state index is 4.41. The van der Waals surface area contributed by atoms with Crippen molar-refractivity contribution < 1.29 is 0 Å². The van der Waals surface area contributed by atoms with Gasteiger partial charge in [-0.1, -0.05) is 6.92 Å². The Morgan fingerprint density at radius 2 is 1.93 bits per heavy atom. The van der Waals surface area contributed by atoms with E-state index in [1.165, 1.54) is 25.7 Å². The molecule has 1 aliphatic carbocycles. The second kappa shape index (κ2) is 4.60. The van der Waals surface area contributed by atoms with Crippen LogP contribution in [0.3, 0.4) is 0 Å². The first kappa shape index (κ1) is 10.4. The van der Waals surface area contributed by atoms with E-state index in [2.05, 4.69) is 22.2 Å². The Hall–Kier alpha value is -1.12. The van der Waals surface area contributed by atoms with Crippen molar-refractivity contribution in [2.45, 2.75) is 45.6 Å². The van der Waals surface area contributed by atoms with Gasteiger partial charge < -0.3 is 5.32 Å². The van der Waals surface area contributed by atoms with Crippen LogP contribution in [0.15, 0.2) is 12.4 Å². The van der Waals surface area contributed by atoms with Crippen LogP contribution in [0.1, 0.15) is 38.3 Å². The van der Waals surface area contributed by atoms with E-state index in [1.54, 1.807) is 6.20 Å². The molecule has 0 spiro atoms. The van der Waals surface area contributed by atoms with E-state index in [9.17, 15) is 0 Å². The summed E-state index contributed by atoms with van der Waals surface area (Å²) in [6.45, 7) is 4.31. The molecule has 1 aromatic heterocycles. The van der Waals surface area contributed by atoms with Gasteiger partial charge in [-0.3, -0.25) is 4.98 Å². The molecule has 1 aliphatic rings. The standard InChI is InChI=1S/C12H19N3/c1-9-3-5-11(6-4-9)15-12-8-13-7-10(2)14-12/h7-9,11H,3-6H2,1-2H3,(H,14,15). The number of rotatable bonds is 2. The minimum atomic E-state index is 0.595. The molecular weight excluding hydrogens is 186 g/mol. The molecule has 1 N–H and O–H groups in total. The minimum Gasteiger partial charge on any atom is -0.366 e. The number of hydrogen-bond donors (Lipinski definition) is 1. The highest BCUT2D eigenvalue weighted by molar-refractivity contribution is 5.32. The van der Waals surface area contributed by atoms with Crippen LogP contribution in [0.4, 0.5) is 5.82 Å². The van der Waals surface area contributed by atoms with Crippen LogP contribution in [-0.2, 0) is 0 Å². The lowest BCUT2D eigenvalue weighted by molar-refractivity contribution is 0.360. The van der Waals surface area contributed by atoms with E-state index in [0.29, 0.717) is 6.04 Å². The Bertz CT molecular complexity index is 316. The van der Waals surface area contributed by atoms with Crippen LogP contribution in [0.5, 0.6) is 0 Å². The molecule has 2 rings (SSSR count). The average Bonchev–Trinajstić information content (AvgIpc) is 2.22. The molecule has 1 heterocycles. The normalized spacial score (nSPS) is 26.3. The maximum Gasteiger partial charge on any atom is 0.145 e. The van der Waals surface area contributed by atoms with Gasteiger partial charge >= 0.3 is 0 Å². The maximum absolute atomic E-state index is 4.41. The zero-order chi connectivity index (χ0) is 10.7. The van der Waals surface area contributed by atoms with Gasteiger partial charge in [-0.05, 0) is 38.5 Å². The molecule has 82 valence electrons. The molecule has 1 fully saturated rings. The highest BCUT2D eigenvalue weighted by Gasteiger charge is 2.18. The van der Waals surface area contributed by atoms with Crippen LogP contribution in [0, 0.1) is 12.8 Å². The molecular formula is C12H19N3. The van der Waals surface area contributed by atoms with Crippen molar-refractivity contribution in [2.24, 2.45) is 5.92 Å². The molecule has 0 amide bonds. The lowest BCUT2D eigenvalue weighted by Crippen LogP contribution is -2.25. The molecule has 3 nitrogen and oxygen atoms in total. The highest BCUT2D eigenvalue weighted by atomic mass is 15.0. The fourth-order valence-electron chi connectivity index (χ4n) is 2.15. The smallest absolute Gasteiger partial charge is 0.145 e. The summed E-state index contributed by atoms with van der Waals surface area (Å²) < 4.78 is 0. The van der Waals surface area contributed by atoms with Gasteiger partial charge in [0.1, 0.15) is 5.82 Å². The number of aromatic nitrogens is 2. The molecule has 0 unspecified atom stereocenters. The number of hydrogen-bond acceptors (Lipinski definition) is 3. The predicted molar refractivity (Wildman–Crippen MR) is 61.8 cm³/mol. The quantitative estimate of drug-likeness (QED) is 0.806. The monoisotopic (exact) mass is 205 g/mol. The van der Waals surface area contributed by atoms with Crippen molar-refractivity contribution in [1.29, 1.82) is 0 Å². The summed E-state index contributed by atoms with van der Waals surface area (Å²) in [6, 6.07) is 0.595. The Balaban J connectivity index is 1.92.